The van der Waals surface area contributed by atoms with Crippen LogP contribution in [-0.2, 0) is 20.7 Å². The number of likely N-dealkylation sites (tertiary alicyclic amines) is 1. The number of carbonyl (C=O) groups excluding carboxylic acids is 2. The van der Waals surface area contributed by atoms with Gasteiger partial charge in [-0.15, -0.1) is 9.79 Å². The van der Waals surface area contributed by atoms with Gasteiger partial charge in [0.2, 0.25) is 5.91 Å². The van der Waals surface area contributed by atoms with Gasteiger partial charge < -0.3 is 10.1 Å². The molecule has 9 heteroatoms. The highest BCUT2D eigenvalue weighted by Crippen LogP contribution is 2.19. The van der Waals surface area contributed by atoms with Crippen LogP contribution in [0.1, 0.15) is 25.3 Å². The quantitative estimate of drug-likeness (QED) is 0.704. The van der Waals surface area contributed by atoms with Crippen LogP contribution < -0.4 is 5.32 Å². The van der Waals surface area contributed by atoms with Crippen molar-refractivity contribution < 1.29 is 28.7 Å². The average Bonchev–Trinajstić information content (AvgIpc) is 3.03. The molecule has 0 aliphatic carbocycles. The number of amides is 2. The van der Waals surface area contributed by atoms with E-state index in [9.17, 15) is 9.59 Å². The maximum Gasteiger partial charge on any atom is 0.692 e. The number of ether oxygens (including phenoxy) is 1. The summed E-state index contributed by atoms with van der Waals surface area (Å²) in [7, 11) is -2.87. The molecule has 2 rings (SSSR count). The second-order valence-electron chi connectivity index (χ2n) is 5.04. The molecule has 0 aromatic heterocycles. The van der Waals surface area contributed by atoms with E-state index >= 15 is 0 Å². The average molecular weight is 357 g/mol. The van der Waals surface area contributed by atoms with E-state index in [4.69, 9.17) is 19.1 Å². The minimum Gasteiger partial charge on any atom is -0.445 e. The molecule has 0 radical (unpaired) electrons. The fraction of sp³-hybridized carbons (Fsp3) is 0.467. The number of nitrogens with one attached hydrogen (secondary N) is 1. The van der Waals surface area contributed by atoms with Crippen molar-refractivity contribution >= 4 is 20.3 Å². The monoisotopic (exact) mass is 357 g/mol. The second-order valence-corrected chi connectivity index (χ2v) is 5.54. The lowest BCUT2D eigenvalue weighted by Crippen LogP contribution is -2.46. The smallest absolute Gasteiger partial charge is 0.445 e. The van der Waals surface area contributed by atoms with Crippen molar-refractivity contribution in [2.24, 2.45) is 0 Å². The first kappa shape index (κ1) is 20.0. The van der Waals surface area contributed by atoms with Gasteiger partial charge in [-0.1, -0.05) is 30.3 Å². The largest absolute Gasteiger partial charge is 0.692 e. The molecule has 0 bridgehead atoms. The Labute approximate surface area is 141 Å². The molecule has 24 heavy (non-hydrogen) atoms. The zero-order chi connectivity index (χ0) is 17.9. The number of rotatable bonds is 4. The number of carbonyl (C=O) groups is 2. The molecule has 1 aliphatic rings. The third-order valence-corrected chi connectivity index (χ3v) is 3.35. The molecule has 1 saturated heterocycles. The Balaban J connectivity index is 0.000000648. The summed E-state index contributed by atoms with van der Waals surface area (Å²) in [5, 5.41) is 2.76. The number of benzene rings is 1. The first-order chi connectivity index (χ1) is 11.5. The van der Waals surface area contributed by atoms with Gasteiger partial charge in [0.1, 0.15) is 12.6 Å². The Morgan fingerprint density at radius 3 is 2.54 bits per heavy atom. The number of nitrogens with zero attached hydrogens (tertiary/aromatic N) is 1. The molecular formula is C15H22N2O6P+. The van der Waals surface area contributed by atoms with Crippen LogP contribution in [0, 0.1) is 0 Å². The van der Waals surface area contributed by atoms with Crippen molar-refractivity contribution in [3.63, 3.8) is 0 Å². The van der Waals surface area contributed by atoms with Gasteiger partial charge in [-0.05, 0) is 25.3 Å². The summed E-state index contributed by atoms with van der Waals surface area (Å²) in [4.78, 5) is 39.7. The van der Waals surface area contributed by atoms with Gasteiger partial charge in [0.05, 0.1) is 0 Å². The first-order valence-electron chi connectivity index (χ1n) is 7.55. The van der Waals surface area contributed by atoms with E-state index in [0.29, 0.717) is 19.5 Å². The zero-order valence-corrected chi connectivity index (χ0v) is 14.3. The van der Waals surface area contributed by atoms with Crippen LogP contribution in [-0.4, -0.2) is 45.8 Å². The maximum atomic E-state index is 12.1. The van der Waals surface area contributed by atoms with E-state index in [0.717, 1.165) is 12.0 Å². The highest BCUT2D eigenvalue weighted by molar-refractivity contribution is 7.30. The van der Waals surface area contributed by atoms with Crippen molar-refractivity contribution in [1.82, 2.24) is 10.2 Å². The molecule has 3 N–H and O–H groups in total. The number of hydrogen-bond acceptors (Lipinski definition) is 4. The molecule has 2 amide bonds. The highest BCUT2D eigenvalue weighted by Gasteiger charge is 2.34. The molecule has 0 saturated carbocycles. The third-order valence-electron chi connectivity index (χ3n) is 3.35. The third kappa shape index (κ3) is 7.04. The predicted octanol–water partition coefficient (Wildman–Crippen LogP) is 1.55. The van der Waals surface area contributed by atoms with Crippen LogP contribution in [0.15, 0.2) is 30.3 Å². The Hall–Kier alpha value is -2.02. The van der Waals surface area contributed by atoms with E-state index in [1.165, 1.54) is 4.90 Å². The van der Waals surface area contributed by atoms with Gasteiger partial charge in [-0.2, -0.15) is 0 Å². The van der Waals surface area contributed by atoms with Crippen molar-refractivity contribution in [1.29, 1.82) is 0 Å². The summed E-state index contributed by atoms with van der Waals surface area (Å²) in [6.07, 6.45) is 1.12. The first-order valence-corrected chi connectivity index (χ1v) is 8.72. The molecule has 8 nitrogen and oxygen atoms in total. The number of hydrogen-bond donors (Lipinski definition) is 3. The van der Waals surface area contributed by atoms with Crippen molar-refractivity contribution in [2.75, 3.05) is 13.1 Å². The fourth-order valence-corrected chi connectivity index (χ4v) is 2.35. The fourth-order valence-electron chi connectivity index (χ4n) is 2.35. The van der Waals surface area contributed by atoms with Gasteiger partial charge in [0, 0.05) is 17.7 Å². The van der Waals surface area contributed by atoms with Crippen molar-refractivity contribution in [2.45, 2.75) is 32.4 Å². The predicted molar refractivity (Wildman–Crippen MR) is 87.1 cm³/mol. The van der Waals surface area contributed by atoms with Gasteiger partial charge in [-0.25, -0.2) is 4.79 Å². The van der Waals surface area contributed by atoms with Crippen LogP contribution in [0.25, 0.3) is 0 Å². The van der Waals surface area contributed by atoms with E-state index in [1.54, 1.807) is 0 Å². The topological polar surface area (TPSA) is 116 Å². The molecule has 1 atom stereocenters. The molecule has 1 fully saturated rings. The van der Waals surface area contributed by atoms with E-state index in [1.807, 2.05) is 37.3 Å². The molecule has 132 valence electrons. The summed E-state index contributed by atoms with van der Waals surface area (Å²) in [5.41, 5.74) is 0.939. The molecule has 0 spiro atoms. The molecule has 1 aromatic carbocycles. The summed E-state index contributed by atoms with van der Waals surface area (Å²) in [5.74, 6) is -0.0957. The standard InChI is InChI=1S/C15H20N2O3.HO3P/c1-2-16-14(18)13-9-6-10-17(13)15(19)20-11-12-7-4-3-5-8-12;1-4(2)3/h3-5,7-8,13H,2,6,9-11H2,1H3,(H,16,18);(H-,1,2,3)/p+1/t13-;/m0./s1. The second kappa shape index (κ2) is 10.7. The summed E-state index contributed by atoms with van der Waals surface area (Å²) < 4.78 is 14.0. The van der Waals surface area contributed by atoms with E-state index in [-0.39, 0.29) is 12.5 Å². The Bertz CT molecular complexity index is 550. The van der Waals surface area contributed by atoms with Gasteiger partial charge in [-0.3, -0.25) is 9.69 Å². The van der Waals surface area contributed by atoms with Gasteiger partial charge >= 0.3 is 14.3 Å². The van der Waals surface area contributed by atoms with Crippen LogP contribution in [0.4, 0.5) is 4.79 Å². The lowest BCUT2D eigenvalue weighted by atomic mass is 10.2. The van der Waals surface area contributed by atoms with Crippen LogP contribution in [0.3, 0.4) is 0 Å². The molecule has 1 aliphatic heterocycles. The molecule has 1 heterocycles. The minimum atomic E-state index is -2.87. The maximum absolute atomic E-state index is 12.1. The molecule has 0 unspecified atom stereocenters. The summed E-state index contributed by atoms with van der Waals surface area (Å²) in [6.45, 7) is 3.25. The van der Waals surface area contributed by atoms with Gasteiger partial charge in [0.15, 0.2) is 0 Å². The minimum absolute atomic E-state index is 0.0957. The molecule has 1 aromatic rings. The lowest BCUT2D eigenvalue weighted by molar-refractivity contribution is -0.125. The van der Waals surface area contributed by atoms with Crippen LogP contribution in [0.2, 0.25) is 0 Å². The van der Waals surface area contributed by atoms with E-state index in [2.05, 4.69) is 5.32 Å². The zero-order valence-electron chi connectivity index (χ0n) is 13.4. The van der Waals surface area contributed by atoms with Gasteiger partial charge in [0.25, 0.3) is 0 Å². The SMILES string of the molecule is CCNC(=O)[C@@H]1CCCN1C(=O)OCc1ccccc1.O=[P+](O)O. The Morgan fingerprint density at radius 1 is 1.33 bits per heavy atom. The highest BCUT2D eigenvalue weighted by atomic mass is 31.1. The Morgan fingerprint density at radius 2 is 1.96 bits per heavy atom. The normalized spacial score (nSPS) is 16.0. The Kier molecular flexibility index (Phi) is 8.93. The van der Waals surface area contributed by atoms with Crippen molar-refractivity contribution in [3.05, 3.63) is 35.9 Å². The van der Waals surface area contributed by atoms with Crippen LogP contribution >= 0.6 is 8.25 Å². The summed E-state index contributed by atoms with van der Waals surface area (Å²) >= 11 is 0. The van der Waals surface area contributed by atoms with E-state index < -0.39 is 20.4 Å². The lowest BCUT2D eigenvalue weighted by Gasteiger charge is -2.23. The van der Waals surface area contributed by atoms with Crippen LogP contribution in [0.5, 0.6) is 0 Å². The van der Waals surface area contributed by atoms with Crippen molar-refractivity contribution in [3.8, 4) is 0 Å². The number of likely N-dealkylation sites (N-methyl/N-ethyl adjacent to an activating group) is 1. The summed E-state index contributed by atoms with van der Waals surface area (Å²) in [6, 6.07) is 9.12. The molecular weight excluding hydrogens is 335 g/mol.